The molecule has 0 saturated heterocycles. The molecule has 0 amide bonds. The van der Waals surface area contributed by atoms with Crippen LogP contribution in [-0.4, -0.2) is 69.4 Å². The Labute approximate surface area is 122 Å². The smallest absolute Gasteiger partial charge is 0.320 e. The standard InChI is InChI=1S/C12H23N3O6/c13-9(11(18)19)3-1-7(16)5-15-6-8(17)2-4-10(14)12(20)21/h5,7-10,16-17H,1-4,6,13-14H2,(H,18,19)(H,20,21)/t7-,8+,9+,10+/m1/s1. The lowest BCUT2D eigenvalue weighted by Crippen LogP contribution is -2.31. The maximum Gasteiger partial charge on any atom is 0.320 e. The molecule has 0 aromatic heterocycles. The summed E-state index contributed by atoms with van der Waals surface area (Å²) in [5.74, 6) is -2.26. The summed E-state index contributed by atoms with van der Waals surface area (Å²) in [6, 6.07) is -2.05. The van der Waals surface area contributed by atoms with Crippen molar-refractivity contribution in [2.75, 3.05) is 6.54 Å². The average molecular weight is 305 g/mol. The Bertz CT molecular complexity index is 363. The number of hydrogen-bond acceptors (Lipinski definition) is 7. The molecule has 0 aliphatic rings. The molecule has 0 unspecified atom stereocenters. The van der Waals surface area contributed by atoms with Gasteiger partial charge in [0, 0.05) is 6.21 Å². The van der Waals surface area contributed by atoms with E-state index in [1.807, 2.05) is 0 Å². The topological polar surface area (TPSA) is 179 Å². The summed E-state index contributed by atoms with van der Waals surface area (Å²) in [6.45, 7) is 0.00832. The fraction of sp³-hybridized carbons (Fsp3) is 0.750. The van der Waals surface area contributed by atoms with E-state index in [-0.39, 0.29) is 32.2 Å². The van der Waals surface area contributed by atoms with Crippen LogP contribution in [0.25, 0.3) is 0 Å². The number of nitrogens with two attached hydrogens (primary N) is 2. The highest BCUT2D eigenvalue weighted by Gasteiger charge is 2.14. The van der Waals surface area contributed by atoms with Crippen LogP contribution in [-0.2, 0) is 9.59 Å². The number of nitrogens with zero attached hydrogens (tertiary/aromatic N) is 1. The first-order valence-electron chi connectivity index (χ1n) is 6.56. The van der Waals surface area contributed by atoms with Crippen molar-refractivity contribution in [3.05, 3.63) is 0 Å². The molecule has 0 aliphatic heterocycles. The summed E-state index contributed by atoms with van der Waals surface area (Å²) in [7, 11) is 0. The van der Waals surface area contributed by atoms with Gasteiger partial charge in [-0.3, -0.25) is 14.6 Å². The Morgan fingerprint density at radius 1 is 0.952 bits per heavy atom. The van der Waals surface area contributed by atoms with E-state index in [0.717, 1.165) is 0 Å². The first-order chi connectivity index (χ1) is 9.73. The molecule has 8 N–H and O–H groups in total. The fourth-order valence-corrected chi connectivity index (χ4v) is 1.44. The predicted molar refractivity (Wildman–Crippen MR) is 75.1 cm³/mol. The molecule has 0 radical (unpaired) electrons. The Hall–Kier alpha value is -1.55. The molecule has 4 atom stereocenters. The van der Waals surface area contributed by atoms with Gasteiger partial charge in [-0.05, 0) is 25.7 Å². The summed E-state index contributed by atoms with van der Waals surface area (Å²) in [4.78, 5) is 24.7. The number of aliphatic hydroxyl groups is 2. The van der Waals surface area contributed by atoms with Gasteiger partial charge >= 0.3 is 11.9 Å². The Kier molecular flexibility index (Phi) is 9.46. The zero-order valence-electron chi connectivity index (χ0n) is 11.6. The Balaban J connectivity index is 3.87. The van der Waals surface area contributed by atoms with Gasteiger partial charge in [0.15, 0.2) is 0 Å². The second kappa shape index (κ2) is 10.2. The lowest BCUT2D eigenvalue weighted by molar-refractivity contribution is -0.139. The molecular weight excluding hydrogens is 282 g/mol. The minimum absolute atomic E-state index is 0.00832. The van der Waals surface area contributed by atoms with Crippen molar-refractivity contribution < 1.29 is 30.0 Å². The monoisotopic (exact) mass is 305 g/mol. The third kappa shape index (κ3) is 9.91. The van der Waals surface area contributed by atoms with Crippen LogP contribution in [0.4, 0.5) is 0 Å². The van der Waals surface area contributed by atoms with E-state index in [2.05, 4.69) is 4.99 Å². The van der Waals surface area contributed by atoms with Crippen molar-refractivity contribution in [1.82, 2.24) is 0 Å². The zero-order valence-corrected chi connectivity index (χ0v) is 11.6. The quantitative estimate of drug-likeness (QED) is 0.241. The van der Waals surface area contributed by atoms with Crippen LogP contribution in [0.3, 0.4) is 0 Å². The first kappa shape index (κ1) is 19.4. The van der Waals surface area contributed by atoms with Crippen LogP contribution >= 0.6 is 0 Å². The second-order valence-corrected chi connectivity index (χ2v) is 4.78. The number of carboxylic acid groups (broad SMARTS) is 2. The number of rotatable bonds is 11. The van der Waals surface area contributed by atoms with Gasteiger partial charge in [-0.15, -0.1) is 0 Å². The van der Waals surface area contributed by atoms with Gasteiger partial charge in [0.2, 0.25) is 0 Å². The number of carboxylic acids is 2. The third-order valence-electron chi connectivity index (χ3n) is 2.81. The van der Waals surface area contributed by atoms with Crippen molar-refractivity contribution in [3.63, 3.8) is 0 Å². The van der Waals surface area contributed by atoms with E-state index in [4.69, 9.17) is 21.7 Å². The van der Waals surface area contributed by atoms with Crippen LogP contribution < -0.4 is 11.5 Å². The molecule has 21 heavy (non-hydrogen) atoms. The number of carbonyl (C=O) groups is 2. The van der Waals surface area contributed by atoms with Gasteiger partial charge < -0.3 is 31.9 Å². The molecule has 0 bridgehead atoms. The second-order valence-electron chi connectivity index (χ2n) is 4.78. The number of hydrogen-bond donors (Lipinski definition) is 6. The molecular formula is C12H23N3O6. The third-order valence-corrected chi connectivity index (χ3v) is 2.81. The maximum absolute atomic E-state index is 10.5. The van der Waals surface area contributed by atoms with E-state index in [1.54, 1.807) is 0 Å². The number of aliphatic hydroxyl groups excluding tert-OH is 2. The zero-order chi connectivity index (χ0) is 16.4. The first-order valence-corrected chi connectivity index (χ1v) is 6.56. The van der Waals surface area contributed by atoms with Crippen molar-refractivity contribution in [3.8, 4) is 0 Å². The molecule has 0 spiro atoms. The SMILES string of the molecule is N[C@@H](CC[C@H](O)CN=C[C@H](O)CC[C@H](N)C(=O)O)C(=O)O. The van der Waals surface area contributed by atoms with Gasteiger partial charge in [0.25, 0.3) is 0 Å². The van der Waals surface area contributed by atoms with Crippen LogP contribution in [0.15, 0.2) is 4.99 Å². The highest BCUT2D eigenvalue weighted by Crippen LogP contribution is 2.02. The highest BCUT2D eigenvalue weighted by molar-refractivity contribution is 5.73. The summed E-state index contributed by atoms with van der Waals surface area (Å²) in [6.07, 6.45) is -0.0129. The molecule has 0 aromatic carbocycles. The van der Waals surface area contributed by atoms with Crippen molar-refractivity contribution >= 4 is 18.2 Å². The Morgan fingerprint density at radius 2 is 1.43 bits per heavy atom. The van der Waals surface area contributed by atoms with E-state index in [0.29, 0.717) is 0 Å². The molecule has 122 valence electrons. The molecule has 0 aromatic rings. The minimum atomic E-state index is -1.13. The van der Waals surface area contributed by atoms with Gasteiger partial charge in [0.1, 0.15) is 12.1 Å². The van der Waals surface area contributed by atoms with Crippen LogP contribution in [0.5, 0.6) is 0 Å². The molecule has 0 saturated carbocycles. The number of aliphatic carboxylic acids is 2. The molecule has 9 heteroatoms. The predicted octanol–water partition coefficient (Wildman–Crippen LogP) is -1.84. The molecule has 0 aliphatic carbocycles. The van der Waals surface area contributed by atoms with E-state index < -0.39 is 36.2 Å². The highest BCUT2D eigenvalue weighted by atomic mass is 16.4. The van der Waals surface area contributed by atoms with Crippen molar-refractivity contribution in [2.45, 2.75) is 50.0 Å². The summed E-state index contributed by atoms with van der Waals surface area (Å²) >= 11 is 0. The average Bonchev–Trinajstić information content (AvgIpc) is 2.41. The summed E-state index contributed by atoms with van der Waals surface area (Å²) < 4.78 is 0. The van der Waals surface area contributed by atoms with Crippen LogP contribution in [0.1, 0.15) is 25.7 Å². The number of aliphatic imine (C=N–C) groups is 1. The van der Waals surface area contributed by atoms with E-state index in [9.17, 15) is 19.8 Å². The normalized spacial score (nSPS) is 17.3. The van der Waals surface area contributed by atoms with Crippen LogP contribution in [0, 0.1) is 0 Å². The van der Waals surface area contributed by atoms with Crippen LogP contribution in [0.2, 0.25) is 0 Å². The lowest BCUT2D eigenvalue weighted by atomic mass is 10.1. The van der Waals surface area contributed by atoms with Crippen molar-refractivity contribution in [1.29, 1.82) is 0 Å². The summed E-state index contributed by atoms with van der Waals surface area (Å²) in [5, 5.41) is 36.2. The maximum atomic E-state index is 10.5. The Morgan fingerprint density at radius 3 is 1.90 bits per heavy atom. The molecule has 0 fully saturated rings. The van der Waals surface area contributed by atoms with E-state index in [1.165, 1.54) is 6.21 Å². The van der Waals surface area contributed by atoms with Gasteiger partial charge in [0.05, 0.1) is 18.8 Å². The minimum Gasteiger partial charge on any atom is -0.480 e. The lowest BCUT2D eigenvalue weighted by Gasteiger charge is -2.11. The van der Waals surface area contributed by atoms with Gasteiger partial charge in [-0.25, -0.2) is 0 Å². The molecule has 0 heterocycles. The van der Waals surface area contributed by atoms with E-state index >= 15 is 0 Å². The molecule has 0 rings (SSSR count). The van der Waals surface area contributed by atoms with Gasteiger partial charge in [-0.1, -0.05) is 0 Å². The largest absolute Gasteiger partial charge is 0.480 e. The fourth-order valence-electron chi connectivity index (χ4n) is 1.44. The summed E-state index contributed by atoms with van der Waals surface area (Å²) in [5.41, 5.74) is 10.6. The molecule has 9 nitrogen and oxygen atoms in total. The van der Waals surface area contributed by atoms with Gasteiger partial charge in [-0.2, -0.15) is 0 Å². The van der Waals surface area contributed by atoms with Crippen molar-refractivity contribution in [2.24, 2.45) is 16.5 Å².